The number of hydrogen-bond donors (Lipinski definition) is 1. The number of pyridine rings is 1. The molecular weight excluding hydrogens is 376 g/mol. The van der Waals surface area contributed by atoms with E-state index < -0.39 is 5.97 Å². The van der Waals surface area contributed by atoms with Crippen LogP contribution in [0.4, 0.5) is 0 Å². The highest BCUT2D eigenvalue weighted by Gasteiger charge is 2.14. The van der Waals surface area contributed by atoms with Gasteiger partial charge in [0.05, 0.1) is 29.3 Å². The van der Waals surface area contributed by atoms with Gasteiger partial charge in [-0.3, -0.25) is 4.98 Å². The summed E-state index contributed by atoms with van der Waals surface area (Å²) in [5.74, 6) is -0.972. The first kappa shape index (κ1) is 17.8. The molecule has 0 atom stereocenters. The first-order valence-electron chi connectivity index (χ1n) is 9.39. The Bertz CT molecular complexity index is 1380. The zero-order valence-corrected chi connectivity index (χ0v) is 15.8. The van der Waals surface area contributed by atoms with Crippen LogP contribution in [-0.2, 0) is 0 Å². The lowest BCUT2D eigenvalue weighted by Crippen LogP contribution is -2.00. The minimum atomic E-state index is -0.972. The van der Waals surface area contributed by atoms with Gasteiger partial charge in [-0.15, -0.1) is 0 Å². The van der Waals surface area contributed by atoms with Gasteiger partial charge in [-0.05, 0) is 29.8 Å². The molecule has 0 bridgehead atoms. The van der Waals surface area contributed by atoms with Crippen LogP contribution in [0.15, 0.2) is 91.4 Å². The molecule has 0 saturated heterocycles. The van der Waals surface area contributed by atoms with E-state index >= 15 is 0 Å². The van der Waals surface area contributed by atoms with Crippen LogP contribution in [0, 0.1) is 0 Å². The minimum absolute atomic E-state index is 0.233. The first-order chi connectivity index (χ1) is 14.7. The third-order valence-corrected chi connectivity index (χ3v) is 4.95. The van der Waals surface area contributed by atoms with E-state index in [2.05, 4.69) is 15.1 Å². The van der Waals surface area contributed by atoms with Gasteiger partial charge in [0, 0.05) is 22.9 Å². The van der Waals surface area contributed by atoms with Crippen LogP contribution in [0.25, 0.3) is 39.3 Å². The standard InChI is InChI=1S/C24H16N4O2/c29-24(30)20-9-5-4-8-19(20)18-13-23-26-15-22(28(23)27-14-18)17-10-11-25-21(12-17)16-6-2-1-3-7-16/h1-15H,(H,29,30). The van der Waals surface area contributed by atoms with Gasteiger partial charge in [0.1, 0.15) is 0 Å². The lowest BCUT2D eigenvalue weighted by atomic mass is 10.0. The monoisotopic (exact) mass is 392 g/mol. The average molecular weight is 392 g/mol. The van der Waals surface area contributed by atoms with Crippen molar-refractivity contribution in [2.75, 3.05) is 0 Å². The number of carbonyl (C=O) groups is 1. The molecule has 30 heavy (non-hydrogen) atoms. The molecule has 0 aliphatic rings. The molecule has 2 aromatic carbocycles. The van der Waals surface area contributed by atoms with Gasteiger partial charge in [0.15, 0.2) is 5.65 Å². The number of carboxylic acids is 1. The fraction of sp³-hybridized carbons (Fsp3) is 0. The van der Waals surface area contributed by atoms with Crippen molar-refractivity contribution in [1.82, 2.24) is 19.6 Å². The van der Waals surface area contributed by atoms with E-state index in [0.717, 1.165) is 22.5 Å². The number of hydrogen-bond acceptors (Lipinski definition) is 4. The summed E-state index contributed by atoms with van der Waals surface area (Å²) in [4.78, 5) is 20.5. The normalized spacial score (nSPS) is 10.9. The van der Waals surface area contributed by atoms with E-state index in [1.807, 2.05) is 54.6 Å². The Morgan fingerprint density at radius 2 is 1.60 bits per heavy atom. The van der Waals surface area contributed by atoms with Crippen molar-refractivity contribution in [3.05, 3.63) is 97.0 Å². The van der Waals surface area contributed by atoms with Crippen molar-refractivity contribution < 1.29 is 9.90 Å². The quantitative estimate of drug-likeness (QED) is 0.474. The maximum atomic E-state index is 11.5. The topological polar surface area (TPSA) is 80.4 Å². The summed E-state index contributed by atoms with van der Waals surface area (Å²) in [6, 6.07) is 22.6. The highest BCUT2D eigenvalue weighted by Crippen LogP contribution is 2.28. The molecule has 0 radical (unpaired) electrons. The second-order valence-electron chi connectivity index (χ2n) is 6.80. The Morgan fingerprint density at radius 1 is 0.800 bits per heavy atom. The third kappa shape index (κ3) is 3.10. The van der Waals surface area contributed by atoms with Crippen molar-refractivity contribution in [1.29, 1.82) is 0 Å². The molecule has 5 rings (SSSR count). The molecule has 144 valence electrons. The Balaban J connectivity index is 1.58. The van der Waals surface area contributed by atoms with Crippen molar-refractivity contribution in [3.63, 3.8) is 0 Å². The summed E-state index contributed by atoms with van der Waals surface area (Å²) in [5.41, 5.74) is 5.88. The molecule has 0 aliphatic heterocycles. The van der Waals surface area contributed by atoms with Crippen molar-refractivity contribution >= 4 is 11.6 Å². The van der Waals surface area contributed by atoms with Gasteiger partial charge in [0.2, 0.25) is 0 Å². The molecule has 6 heteroatoms. The fourth-order valence-corrected chi connectivity index (χ4v) is 3.50. The number of imidazole rings is 1. The van der Waals surface area contributed by atoms with E-state index in [-0.39, 0.29) is 5.56 Å². The van der Waals surface area contributed by atoms with Crippen LogP contribution >= 0.6 is 0 Å². The maximum absolute atomic E-state index is 11.5. The molecule has 0 aliphatic carbocycles. The van der Waals surface area contributed by atoms with E-state index in [1.165, 1.54) is 0 Å². The molecule has 0 fully saturated rings. The van der Waals surface area contributed by atoms with Crippen LogP contribution in [0.2, 0.25) is 0 Å². The molecule has 0 amide bonds. The molecule has 3 heterocycles. The SMILES string of the molecule is O=C(O)c1ccccc1-c1cnn2c(-c3ccnc(-c4ccccc4)c3)cnc2c1. The van der Waals surface area contributed by atoms with Gasteiger partial charge in [0.25, 0.3) is 0 Å². The number of carboxylic acid groups (broad SMARTS) is 1. The number of benzene rings is 2. The number of aromatic nitrogens is 4. The van der Waals surface area contributed by atoms with E-state index in [4.69, 9.17) is 0 Å². The Hall–Kier alpha value is -4.32. The van der Waals surface area contributed by atoms with Gasteiger partial charge in [-0.1, -0.05) is 48.5 Å². The predicted octanol–water partition coefficient (Wildman–Crippen LogP) is 4.82. The van der Waals surface area contributed by atoms with Crippen LogP contribution in [0.3, 0.4) is 0 Å². The molecule has 0 saturated carbocycles. The zero-order chi connectivity index (χ0) is 20.5. The number of nitrogens with zero attached hydrogens (tertiary/aromatic N) is 4. The van der Waals surface area contributed by atoms with Gasteiger partial charge in [-0.2, -0.15) is 5.10 Å². The highest BCUT2D eigenvalue weighted by atomic mass is 16.4. The van der Waals surface area contributed by atoms with Crippen molar-refractivity contribution in [3.8, 4) is 33.6 Å². The van der Waals surface area contributed by atoms with Crippen LogP contribution in [-0.4, -0.2) is 30.7 Å². The summed E-state index contributed by atoms with van der Waals surface area (Å²) in [6.07, 6.45) is 5.20. The third-order valence-electron chi connectivity index (χ3n) is 4.95. The molecule has 3 aromatic heterocycles. The second kappa shape index (κ2) is 7.25. The molecule has 6 nitrogen and oxygen atoms in total. The summed E-state index contributed by atoms with van der Waals surface area (Å²) in [5, 5.41) is 14.0. The zero-order valence-electron chi connectivity index (χ0n) is 15.8. The Labute approximate surface area is 172 Å². The van der Waals surface area contributed by atoms with Gasteiger partial charge in [-0.25, -0.2) is 14.3 Å². The fourth-order valence-electron chi connectivity index (χ4n) is 3.50. The summed E-state index contributed by atoms with van der Waals surface area (Å²) in [7, 11) is 0. The van der Waals surface area contributed by atoms with Gasteiger partial charge < -0.3 is 5.11 Å². The first-order valence-corrected chi connectivity index (χ1v) is 9.39. The van der Waals surface area contributed by atoms with Crippen molar-refractivity contribution in [2.24, 2.45) is 0 Å². The minimum Gasteiger partial charge on any atom is -0.478 e. The van der Waals surface area contributed by atoms with E-state index in [1.54, 1.807) is 41.3 Å². The molecule has 0 unspecified atom stereocenters. The second-order valence-corrected chi connectivity index (χ2v) is 6.80. The highest BCUT2D eigenvalue weighted by molar-refractivity contribution is 5.96. The smallest absolute Gasteiger partial charge is 0.336 e. The van der Waals surface area contributed by atoms with Crippen LogP contribution in [0.5, 0.6) is 0 Å². The Morgan fingerprint density at radius 3 is 2.43 bits per heavy atom. The lowest BCUT2D eigenvalue weighted by molar-refractivity contribution is 0.0697. The van der Waals surface area contributed by atoms with E-state index in [9.17, 15) is 9.90 Å². The summed E-state index contributed by atoms with van der Waals surface area (Å²) >= 11 is 0. The lowest BCUT2D eigenvalue weighted by Gasteiger charge is -2.07. The predicted molar refractivity (Wildman–Crippen MR) is 114 cm³/mol. The molecule has 5 aromatic rings. The maximum Gasteiger partial charge on any atom is 0.336 e. The molecule has 0 spiro atoms. The van der Waals surface area contributed by atoms with Crippen LogP contribution < -0.4 is 0 Å². The number of rotatable bonds is 4. The van der Waals surface area contributed by atoms with Gasteiger partial charge >= 0.3 is 5.97 Å². The average Bonchev–Trinajstić information content (AvgIpc) is 3.23. The van der Waals surface area contributed by atoms with Crippen molar-refractivity contribution in [2.45, 2.75) is 0 Å². The summed E-state index contributed by atoms with van der Waals surface area (Å²) in [6.45, 7) is 0. The molecular formula is C24H16N4O2. The summed E-state index contributed by atoms with van der Waals surface area (Å²) < 4.78 is 1.75. The Kier molecular flexibility index (Phi) is 4.29. The molecule has 1 N–H and O–H groups in total. The van der Waals surface area contributed by atoms with Crippen LogP contribution in [0.1, 0.15) is 10.4 Å². The number of fused-ring (bicyclic) bond motifs is 1. The van der Waals surface area contributed by atoms with E-state index in [0.29, 0.717) is 16.8 Å². The number of aromatic carboxylic acids is 1. The largest absolute Gasteiger partial charge is 0.478 e.